The quantitative estimate of drug-likeness (QED) is 0.564. The fraction of sp³-hybridized carbons (Fsp3) is 0.364. The van der Waals surface area contributed by atoms with Crippen LogP contribution in [-0.4, -0.2) is 59.0 Å². The van der Waals surface area contributed by atoms with Gasteiger partial charge in [0, 0.05) is 37.5 Å². The average Bonchev–Trinajstić information content (AvgIpc) is 2.78. The largest absolute Gasteiger partial charge is 0.496 e. The summed E-state index contributed by atoms with van der Waals surface area (Å²) in [5.41, 5.74) is 0.405. The Kier molecular flexibility index (Phi) is 7.54. The van der Waals surface area contributed by atoms with E-state index in [1.54, 1.807) is 6.08 Å². The molecule has 11 heteroatoms. The van der Waals surface area contributed by atoms with Crippen LogP contribution in [0.25, 0.3) is 5.57 Å². The molecule has 33 heavy (non-hydrogen) atoms. The van der Waals surface area contributed by atoms with Crippen molar-refractivity contribution in [3.05, 3.63) is 59.2 Å². The number of pyridine rings is 1. The molecule has 0 saturated heterocycles. The average molecular weight is 469 g/mol. The molecule has 2 heterocycles. The second-order valence-corrected chi connectivity index (χ2v) is 7.48. The van der Waals surface area contributed by atoms with Crippen molar-refractivity contribution < 1.29 is 37.3 Å². The Bertz CT molecular complexity index is 1040. The van der Waals surface area contributed by atoms with Crippen molar-refractivity contribution >= 4 is 17.3 Å². The lowest BCUT2D eigenvalue weighted by Gasteiger charge is -2.27. The van der Waals surface area contributed by atoms with Crippen LogP contribution in [0.3, 0.4) is 0 Å². The number of benzene rings is 1. The number of hydrogen-bond donors (Lipinski definition) is 3. The molecule has 1 atom stereocenters. The van der Waals surface area contributed by atoms with E-state index in [4.69, 9.17) is 9.84 Å². The summed E-state index contributed by atoms with van der Waals surface area (Å²) in [5.74, 6) is -0.976. The lowest BCUT2D eigenvalue weighted by Crippen LogP contribution is -2.38. The maximum atomic E-state index is 14.5. The highest BCUT2D eigenvalue weighted by Gasteiger charge is 2.34. The van der Waals surface area contributed by atoms with Crippen molar-refractivity contribution in [1.29, 1.82) is 0 Å². The maximum absolute atomic E-state index is 14.5. The normalized spacial score (nSPS) is 15.1. The number of nitrogens with one attached hydrogen (secondary N) is 1. The number of nitrogens with zero attached hydrogens (tertiary/aromatic N) is 2. The zero-order valence-electron chi connectivity index (χ0n) is 17.7. The van der Waals surface area contributed by atoms with Gasteiger partial charge >= 0.3 is 12.2 Å². The number of carbonyl (C=O) groups is 1. The third kappa shape index (κ3) is 5.99. The molecule has 0 unspecified atom stereocenters. The summed E-state index contributed by atoms with van der Waals surface area (Å²) >= 11 is 0. The van der Waals surface area contributed by atoms with Crippen LogP contribution in [0.2, 0.25) is 0 Å². The summed E-state index contributed by atoms with van der Waals surface area (Å²) in [4.78, 5) is 18.1. The number of aliphatic hydroxyl groups excluding tert-OH is 2. The number of hydrogen-bond acceptors (Lipinski definition) is 5. The predicted octanol–water partition coefficient (Wildman–Crippen LogP) is 3.47. The molecule has 7 nitrogen and oxygen atoms in total. The van der Waals surface area contributed by atoms with Gasteiger partial charge in [-0.3, -0.25) is 4.98 Å². The minimum absolute atomic E-state index is 0.0719. The van der Waals surface area contributed by atoms with Gasteiger partial charge in [0.15, 0.2) is 0 Å². The van der Waals surface area contributed by atoms with Crippen molar-refractivity contribution in [2.45, 2.75) is 25.1 Å². The van der Waals surface area contributed by atoms with Crippen molar-refractivity contribution in [1.82, 2.24) is 9.88 Å². The first-order valence-electron chi connectivity index (χ1n) is 10.1. The number of urea groups is 1. The molecule has 0 spiro atoms. The Labute approximate surface area is 187 Å². The molecule has 0 radical (unpaired) electrons. The van der Waals surface area contributed by atoms with Gasteiger partial charge in [-0.2, -0.15) is 13.2 Å². The van der Waals surface area contributed by atoms with Gasteiger partial charge in [-0.1, -0.05) is 6.08 Å². The summed E-state index contributed by atoms with van der Waals surface area (Å²) in [6.07, 6.45) is -2.10. The molecule has 0 bridgehead atoms. The van der Waals surface area contributed by atoms with Gasteiger partial charge in [-0.15, -0.1) is 0 Å². The standard InChI is InChI=1S/C22H23F4N3O4/c1-33-19-10-15(2-3-17(19)22(24,25)26)28-21(32)29-6-4-14(5-7-29)20-18(23)9-13(11-27-20)8-16(31)12-30/h2-4,9-11,16,30-31H,5-8,12H2,1H3,(H,28,32)/t16-/m1/s1. The number of aliphatic hydroxyl groups is 2. The molecule has 0 saturated carbocycles. The van der Waals surface area contributed by atoms with Gasteiger partial charge in [0.25, 0.3) is 0 Å². The van der Waals surface area contributed by atoms with E-state index in [2.05, 4.69) is 10.3 Å². The third-order valence-corrected chi connectivity index (χ3v) is 5.14. The molecule has 3 rings (SSSR count). The lowest BCUT2D eigenvalue weighted by atomic mass is 10.0. The Morgan fingerprint density at radius 3 is 2.67 bits per heavy atom. The molecule has 1 aromatic heterocycles. The first-order chi connectivity index (χ1) is 15.6. The number of amides is 2. The Hall–Kier alpha value is -3.18. The van der Waals surface area contributed by atoms with E-state index >= 15 is 0 Å². The molecule has 2 aromatic rings. The highest BCUT2D eigenvalue weighted by atomic mass is 19.4. The van der Waals surface area contributed by atoms with Crippen LogP contribution in [-0.2, 0) is 12.6 Å². The van der Waals surface area contributed by atoms with E-state index in [0.717, 1.165) is 25.3 Å². The molecule has 2 amide bonds. The first-order valence-corrected chi connectivity index (χ1v) is 10.1. The number of halogens is 4. The lowest BCUT2D eigenvalue weighted by molar-refractivity contribution is -0.138. The predicted molar refractivity (Wildman–Crippen MR) is 112 cm³/mol. The van der Waals surface area contributed by atoms with Crippen LogP contribution in [0.15, 0.2) is 36.5 Å². The number of alkyl halides is 3. The number of aromatic nitrogens is 1. The fourth-order valence-electron chi connectivity index (χ4n) is 3.44. The molecule has 1 aromatic carbocycles. The Morgan fingerprint density at radius 1 is 1.33 bits per heavy atom. The van der Waals surface area contributed by atoms with E-state index < -0.39 is 42.0 Å². The number of anilines is 1. The van der Waals surface area contributed by atoms with Gasteiger partial charge in [0.1, 0.15) is 17.3 Å². The number of rotatable bonds is 6. The van der Waals surface area contributed by atoms with E-state index in [1.165, 1.54) is 17.2 Å². The zero-order chi connectivity index (χ0) is 24.2. The fourth-order valence-corrected chi connectivity index (χ4v) is 3.44. The summed E-state index contributed by atoms with van der Waals surface area (Å²) in [7, 11) is 1.11. The van der Waals surface area contributed by atoms with Crippen LogP contribution in [0.4, 0.5) is 28.0 Å². The highest BCUT2D eigenvalue weighted by molar-refractivity contribution is 5.90. The zero-order valence-corrected chi connectivity index (χ0v) is 17.7. The minimum atomic E-state index is -4.58. The van der Waals surface area contributed by atoms with Gasteiger partial charge < -0.3 is 25.2 Å². The molecule has 3 N–H and O–H groups in total. The van der Waals surface area contributed by atoms with E-state index in [-0.39, 0.29) is 30.9 Å². The monoisotopic (exact) mass is 469 g/mol. The number of carbonyl (C=O) groups excluding carboxylic acids is 1. The summed E-state index contributed by atoms with van der Waals surface area (Å²) in [6, 6.07) is 3.80. The van der Waals surface area contributed by atoms with E-state index in [0.29, 0.717) is 17.6 Å². The second-order valence-electron chi connectivity index (χ2n) is 7.48. The Balaban J connectivity index is 1.65. The van der Waals surface area contributed by atoms with Crippen LogP contribution < -0.4 is 10.1 Å². The highest BCUT2D eigenvalue weighted by Crippen LogP contribution is 2.37. The molecule has 0 fully saturated rings. The van der Waals surface area contributed by atoms with E-state index in [1.807, 2.05) is 0 Å². The van der Waals surface area contributed by atoms with Crippen LogP contribution >= 0.6 is 0 Å². The van der Waals surface area contributed by atoms with Gasteiger partial charge in [-0.05, 0) is 35.8 Å². The second kappa shape index (κ2) is 10.2. The van der Waals surface area contributed by atoms with Crippen LogP contribution in [0, 0.1) is 5.82 Å². The van der Waals surface area contributed by atoms with Crippen molar-refractivity contribution in [3.63, 3.8) is 0 Å². The third-order valence-electron chi connectivity index (χ3n) is 5.14. The summed E-state index contributed by atoms with van der Waals surface area (Å²) in [6.45, 7) is -0.0295. The van der Waals surface area contributed by atoms with Crippen LogP contribution in [0.1, 0.15) is 23.2 Å². The summed E-state index contributed by atoms with van der Waals surface area (Å²) in [5, 5.41) is 20.9. The van der Waals surface area contributed by atoms with Gasteiger partial charge in [0.05, 0.1) is 25.4 Å². The molecular weight excluding hydrogens is 446 g/mol. The topological polar surface area (TPSA) is 94.9 Å². The number of methoxy groups -OCH3 is 1. The van der Waals surface area contributed by atoms with E-state index in [9.17, 15) is 27.5 Å². The van der Waals surface area contributed by atoms with Crippen molar-refractivity contribution in [2.75, 3.05) is 32.1 Å². The van der Waals surface area contributed by atoms with Crippen molar-refractivity contribution in [2.24, 2.45) is 0 Å². The number of ether oxygens (including phenoxy) is 1. The molecular formula is C22H23F4N3O4. The van der Waals surface area contributed by atoms with Crippen LogP contribution in [0.5, 0.6) is 5.75 Å². The minimum Gasteiger partial charge on any atom is -0.496 e. The van der Waals surface area contributed by atoms with Gasteiger partial charge in [-0.25, -0.2) is 9.18 Å². The SMILES string of the molecule is COc1cc(NC(=O)N2CC=C(c3ncc(C[C@@H](O)CO)cc3F)CC2)ccc1C(F)(F)F. The Morgan fingerprint density at radius 2 is 2.09 bits per heavy atom. The first kappa shape index (κ1) is 24.5. The molecule has 1 aliphatic heterocycles. The van der Waals surface area contributed by atoms with Crippen molar-refractivity contribution in [3.8, 4) is 5.75 Å². The molecule has 178 valence electrons. The maximum Gasteiger partial charge on any atom is 0.419 e. The molecule has 0 aliphatic carbocycles. The van der Waals surface area contributed by atoms with Gasteiger partial charge in [0.2, 0.25) is 0 Å². The smallest absolute Gasteiger partial charge is 0.419 e. The summed E-state index contributed by atoms with van der Waals surface area (Å²) < 4.78 is 58.2. The molecule has 1 aliphatic rings.